The first-order chi connectivity index (χ1) is 13.1. The summed E-state index contributed by atoms with van der Waals surface area (Å²) in [7, 11) is 3.42. The van der Waals surface area contributed by atoms with Crippen LogP contribution in [-0.2, 0) is 9.53 Å². The number of thioether (sulfide) groups is 1. The smallest absolute Gasteiger partial charge is 0.407 e. The van der Waals surface area contributed by atoms with Crippen LogP contribution in [0.25, 0.3) is 0 Å². The number of carbonyl (C=O) groups excluding carboxylic acids is 2. The molecule has 1 unspecified atom stereocenters. The monoisotopic (exact) mass is 545 g/mol. The van der Waals surface area contributed by atoms with Crippen LogP contribution in [0.1, 0.15) is 47.0 Å². The van der Waals surface area contributed by atoms with E-state index in [2.05, 4.69) is 27.9 Å². The number of unbranched alkanes of at least 4 members (excludes halogenated alkanes) is 1. The molecule has 0 aromatic carbocycles. The van der Waals surface area contributed by atoms with Gasteiger partial charge in [0.05, 0.1) is 0 Å². The maximum Gasteiger partial charge on any atom is 0.407 e. The van der Waals surface area contributed by atoms with Crippen molar-refractivity contribution in [3.8, 4) is 0 Å². The van der Waals surface area contributed by atoms with E-state index in [9.17, 15) is 9.59 Å². The number of ether oxygens (including phenoxy) is 1. The Morgan fingerprint density at radius 2 is 1.86 bits per heavy atom. The molecular weight excluding hydrogens is 505 g/mol. The third-order valence-corrected chi connectivity index (χ3v) is 4.22. The van der Waals surface area contributed by atoms with Gasteiger partial charge in [-0.2, -0.15) is 11.8 Å². The Hall–Kier alpha value is -0.910. The van der Waals surface area contributed by atoms with E-state index in [1.807, 2.05) is 27.0 Å². The number of amides is 2. The van der Waals surface area contributed by atoms with Crippen molar-refractivity contribution in [3.05, 3.63) is 0 Å². The zero-order valence-corrected chi connectivity index (χ0v) is 22.1. The summed E-state index contributed by atoms with van der Waals surface area (Å²) < 4.78 is 5.31. The van der Waals surface area contributed by atoms with Crippen molar-refractivity contribution in [2.24, 2.45) is 4.99 Å². The van der Waals surface area contributed by atoms with Crippen LogP contribution in [0.4, 0.5) is 4.79 Å². The van der Waals surface area contributed by atoms with E-state index in [1.165, 1.54) is 4.90 Å². The minimum atomic E-state index is -0.533. The maximum atomic E-state index is 12.0. The van der Waals surface area contributed by atoms with Gasteiger partial charge < -0.3 is 25.6 Å². The lowest BCUT2D eigenvalue weighted by molar-refractivity contribution is -0.127. The zero-order valence-electron chi connectivity index (χ0n) is 19.0. The van der Waals surface area contributed by atoms with Gasteiger partial charge in [-0.3, -0.25) is 4.79 Å². The van der Waals surface area contributed by atoms with Crippen molar-refractivity contribution < 1.29 is 14.3 Å². The van der Waals surface area contributed by atoms with Crippen molar-refractivity contribution in [1.29, 1.82) is 0 Å². The number of hydrogen-bond donors (Lipinski definition) is 3. The number of aliphatic imine (C=N–C) groups is 1. The summed E-state index contributed by atoms with van der Waals surface area (Å²) in [5.74, 6) is 1.44. The van der Waals surface area contributed by atoms with E-state index in [0.717, 1.165) is 31.6 Å². The predicted molar refractivity (Wildman–Crippen MR) is 133 cm³/mol. The number of likely N-dealkylation sites (N-methyl/N-ethyl adjacent to an activating group) is 1. The van der Waals surface area contributed by atoms with Gasteiger partial charge in [-0.25, -0.2) is 9.79 Å². The van der Waals surface area contributed by atoms with E-state index >= 15 is 0 Å². The highest BCUT2D eigenvalue weighted by molar-refractivity contribution is 14.0. The Labute approximate surface area is 197 Å². The average molecular weight is 546 g/mol. The third-order valence-electron chi connectivity index (χ3n) is 3.61. The minimum absolute atomic E-state index is 0. The quantitative estimate of drug-likeness (QED) is 0.160. The van der Waals surface area contributed by atoms with Crippen LogP contribution >= 0.6 is 35.7 Å². The molecule has 29 heavy (non-hydrogen) atoms. The standard InChI is InChI=1S/C19H39N5O3S.HI/c1-8-9-10-15(13-22-18(26)27-19(2,3)4)23-17(20-11-12-28-7)21-14-16(25)24(5)6;/h15H,8-14H2,1-7H3,(H,22,26)(H2,20,21,23);1H. The number of rotatable bonds is 11. The molecule has 0 aliphatic rings. The largest absolute Gasteiger partial charge is 0.444 e. The molecule has 0 aromatic rings. The van der Waals surface area contributed by atoms with Crippen LogP contribution in [0.5, 0.6) is 0 Å². The second kappa shape index (κ2) is 16.8. The molecule has 8 nitrogen and oxygen atoms in total. The van der Waals surface area contributed by atoms with E-state index < -0.39 is 11.7 Å². The van der Waals surface area contributed by atoms with Gasteiger partial charge in [0.2, 0.25) is 5.91 Å². The molecule has 0 fully saturated rings. The zero-order chi connectivity index (χ0) is 21.6. The Balaban J connectivity index is 0. The molecule has 0 radical (unpaired) electrons. The summed E-state index contributed by atoms with van der Waals surface area (Å²) in [5, 5.41) is 9.42. The fourth-order valence-electron chi connectivity index (χ4n) is 2.10. The van der Waals surface area contributed by atoms with Crippen molar-refractivity contribution in [2.45, 2.75) is 58.6 Å². The van der Waals surface area contributed by atoms with Crippen LogP contribution in [0.3, 0.4) is 0 Å². The van der Waals surface area contributed by atoms with Crippen LogP contribution in [-0.4, -0.2) is 80.2 Å². The molecule has 172 valence electrons. The molecule has 3 N–H and O–H groups in total. The van der Waals surface area contributed by atoms with Gasteiger partial charge in [0.1, 0.15) is 12.1 Å². The van der Waals surface area contributed by atoms with Crippen molar-refractivity contribution in [2.75, 3.05) is 45.7 Å². The van der Waals surface area contributed by atoms with Crippen LogP contribution in [0.2, 0.25) is 0 Å². The highest BCUT2D eigenvalue weighted by Crippen LogP contribution is 2.07. The van der Waals surface area contributed by atoms with E-state index in [1.54, 1.807) is 25.9 Å². The first kappa shape index (κ1) is 30.3. The second-order valence-electron chi connectivity index (χ2n) is 7.74. The van der Waals surface area contributed by atoms with Gasteiger partial charge in [0.15, 0.2) is 5.96 Å². The highest BCUT2D eigenvalue weighted by Gasteiger charge is 2.18. The highest BCUT2D eigenvalue weighted by atomic mass is 127. The summed E-state index contributed by atoms with van der Waals surface area (Å²) >= 11 is 1.73. The summed E-state index contributed by atoms with van der Waals surface area (Å²) in [6.07, 6.45) is 4.54. The lowest BCUT2D eigenvalue weighted by atomic mass is 10.1. The van der Waals surface area contributed by atoms with Gasteiger partial charge in [0, 0.05) is 39.0 Å². The molecule has 0 aliphatic carbocycles. The van der Waals surface area contributed by atoms with Gasteiger partial charge in [-0.05, 0) is 33.4 Å². The van der Waals surface area contributed by atoms with Crippen molar-refractivity contribution in [3.63, 3.8) is 0 Å². The van der Waals surface area contributed by atoms with Gasteiger partial charge in [0.25, 0.3) is 0 Å². The van der Waals surface area contributed by atoms with Gasteiger partial charge in [-0.1, -0.05) is 19.8 Å². The normalized spacial score (nSPS) is 12.4. The molecule has 0 aliphatic heterocycles. The molecule has 0 saturated carbocycles. The van der Waals surface area contributed by atoms with Gasteiger partial charge in [-0.15, -0.1) is 24.0 Å². The SMILES string of the molecule is CCCCC(CNC(=O)OC(C)(C)C)NC(=NCC(=O)N(C)C)NCCSC.I. The summed E-state index contributed by atoms with van der Waals surface area (Å²) in [6, 6.07) is -0.0116. The molecule has 0 saturated heterocycles. The predicted octanol–water partition coefficient (Wildman–Crippen LogP) is 2.67. The molecule has 2 amide bonds. The van der Waals surface area contributed by atoms with E-state index in [4.69, 9.17) is 4.74 Å². The third kappa shape index (κ3) is 17.6. The molecule has 10 heteroatoms. The topological polar surface area (TPSA) is 95.1 Å². The molecule has 1 atom stereocenters. The van der Waals surface area contributed by atoms with E-state index in [0.29, 0.717) is 12.5 Å². The van der Waals surface area contributed by atoms with Gasteiger partial charge >= 0.3 is 6.09 Å². The van der Waals surface area contributed by atoms with Crippen molar-refractivity contribution in [1.82, 2.24) is 20.9 Å². The molecule has 0 heterocycles. The second-order valence-corrected chi connectivity index (χ2v) is 8.72. The molecule has 0 spiro atoms. The van der Waals surface area contributed by atoms with Crippen LogP contribution in [0, 0.1) is 0 Å². The summed E-state index contributed by atoms with van der Waals surface area (Å²) in [4.78, 5) is 29.7. The number of nitrogens with zero attached hydrogens (tertiary/aromatic N) is 2. The van der Waals surface area contributed by atoms with Crippen LogP contribution in [0.15, 0.2) is 4.99 Å². The minimum Gasteiger partial charge on any atom is -0.444 e. The molecule has 0 aromatic heterocycles. The lowest BCUT2D eigenvalue weighted by Crippen LogP contribution is -2.49. The molecule has 0 rings (SSSR count). The lowest BCUT2D eigenvalue weighted by Gasteiger charge is -2.24. The van der Waals surface area contributed by atoms with Crippen LogP contribution < -0.4 is 16.0 Å². The van der Waals surface area contributed by atoms with E-state index in [-0.39, 0.29) is 42.5 Å². The number of nitrogens with one attached hydrogen (secondary N) is 3. The summed E-state index contributed by atoms with van der Waals surface area (Å²) in [6.45, 7) is 8.86. The summed E-state index contributed by atoms with van der Waals surface area (Å²) in [5.41, 5.74) is -0.533. The fraction of sp³-hybridized carbons (Fsp3) is 0.842. The number of halogens is 1. The Kier molecular flexibility index (Phi) is 17.6. The maximum absolute atomic E-state index is 12.0. The molecule has 0 bridgehead atoms. The average Bonchev–Trinajstić information content (AvgIpc) is 2.59. The Bertz CT molecular complexity index is 499. The fourth-order valence-corrected chi connectivity index (χ4v) is 2.41. The number of carbonyl (C=O) groups is 2. The Morgan fingerprint density at radius 1 is 1.21 bits per heavy atom. The number of alkyl carbamates (subject to hydrolysis) is 1. The molecular formula is C19H40IN5O3S. The number of hydrogen-bond acceptors (Lipinski definition) is 5. The number of guanidine groups is 1. The van der Waals surface area contributed by atoms with Crippen molar-refractivity contribution >= 4 is 53.7 Å². The first-order valence-corrected chi connectivity index (χ1v) is 11.2. The first-order valence-electron chi connectivity index (χ1n) is 9.79. The Morgan fingerprint density at radius 3 is 2.38 bits per heavy atom.